The molecule has 0 saturated carbocycles. The van der Waals surface area contributed by atoms with Crippen molar-refractivity contribution >= 4 is 16.2 Å². The van der Waals surface area contributed by atoms with Gasteiger partial charge in [0.2, 0.25) is 5.88 Å². The fraction of sp³-hybridized carbons (Fsp3) is 0.250. The summed E-state index contributed by atoms with van der Waals surface area (Å²) in [5, 5.41) is 6.59. The van der Waals surface area contributed by atoms with Crippen molar-refractivity contribution in [2.75, 3.05) is 6.61 Å². The first-order valence-electron chi connectivity index (χ1n) is 4.47. The molecule has 6 nitrogen and oxygen atoms in total. The average Bonchev–Trinajstić information content (AvgIpc) is 2.27. The minimum absolute atomic E-state index is 0.0919. The van der Waals surface area contributed by atoms with E-state index in [4.69, 9.17) is 4.74 Å². The van der Waals surface area contributed by atoms with Crippen molar-refractivity contribution in [1.82, 2.24) is 10.2 Å². The van der Waals surface area contributed by atoms with Gasteiger partial charge in [0.05, 0.1) is 0 Å². The summed E-state index contributed by atoms with van der Waals surface area (Å²) in [5.41, 5.74) is -5.24. The molecule has 98 valence electrons. The van der Waals surface area contributed by atoms with Crippen LogP contribution in [0.5, 0.6) is 11.8 Å². The Balaban J connectivity index is 2.30. The fourth-order valence-corrected chi connectivity index (χ4v) is 1.51. The van der Waals surface area contributed by atoms with E-state index in [9.17, 15) is 21.6 Å². The highest BCUT2D eigenvalue weighted by Crippen LogP contribution is 2.28. The standard InChI is InChI=1S/C8H5F3N2O4S/c9-8(10,11)18(14,15)17-6-4-5-2-1-3-16-7(5)13-12-6/h1-2,4H,3H2. The summed E-state index contributed by atoms with van der Waals surface area (Å²) in [6.07, 6.45) is 3.08. The van der Waals surface area contributed by atoms with Crippen LogP contribution >= 0.6 is 0 Å². The third kappa shape index (κ3) is 2.37. The van der Waals surface area contributed by atoms with Gasteiger partial charge in [0.15, 0.2) is 0 Å². The normalized spacial score (nSPS) is 14.8. The minimum atomic E-state index is -5.74. The van der Waals surface area contributed by atoms with Crippen LogP contribution in [0.1, 0.15) is 5.56 Å². The van der Waals surface area contributed by atoms with Gasteiger partial charge in [-0.15, -0.1) is 10.2 Å². The first-order chi connectivity index (χ1) is 8.29. The summed E-state index contributed by atoms with van der Waals surface area (Å²) in [7, 11) is -5.74. The highest BCUT2D eigenvalue weighted by atomic mass is 32.2. The Kier molecular flexibility index (Phi) is 2.89. The lowest BCUT2D eigenvalue weighted by molar-refractivity contribution is -0.0501. The number of hydrogen-bond donors (Lipinski definition) is 0. The predicted molar refractivity (Wildman–Crippen MR) is 52.2 cm³/mol. The molecule has 0 saturated heterocycles. The molecule has 0 N–H and O–H groups in total. The molecule has 0 radical (unpaired) electrons. The SMILES string of the molecule is O=S(=O)(Oc1cc2c(nn1)OCC=C2)C(F)(F)F. The zero-order chi connectivity index (χ0) is 13.4. The van der Waals surface area contributed by atoms with Crippen molar-refractivity contribution in [2.45, 2.75) is 5.51 Å². The quantitative estimate of drug-likeness (QED) is 0.597. The van der Waals surface area contributed by atoms with E-state index in [-0.39, 0.29) is 18.1 Å². The Labute approximate surface area is 99.2 Å². The Hall–Kier alpha value is -1.84. The smallest absolute Gasteiger partial charge is 0.472 e. The number of halogens is 3. The second-order valence-corrected chi connectivity index (χ2v) is 4.68. The number of rotatable bonds is 2. The number of nitrogens with zero attached hydrogens (tertiary/aromatic N) is 2. The van der Waals surface area contributed by atoms with Crippen LogP contribution in [0.2, 0.25) is 0 Å². The number of ether oxygens (including phenoxy) is 1. The van der Waals surface area contributed by atoms with Gasteiger partial charge >= 0.3 is 15.6 Å². The van der Waals surface area contributed by atoms with Crippen LogP contribution in [0, 0.1) is 0 Å². The Morgan fingerprint density at radius 3 is 2.72 bits per heavy atom. The van der Waals surface area contributed by atoms with Gasteiger partial charge in [-0.2, -0.15) is 21.6 Å². The van der Waals surface area contributed by atoms with Crippen molar-refractivity contribution in [2.24, 2.45) is 0 Å². The Bertz CT molecular complexity index is 597. The van der Waals surface area contributed by atoms with Crippen LogP contribution in [0.3, 0.4) is 0 Å². The lowest BCUT2D eigenvalue weighted by Gasteiger charge is -2.12. The Morgan fingerprint density at radius 2 is 2.06 bits per heavy atom. The first-order valence-corrected chi connectivity index (χ1v) is 5.88. The van der Waals surface area contributed by atoms with E-state index in [0.717, 1.165) is 6.07 Å². The molecular weight excluding hydrogens is 277 g/mol. The maximum absolute atomic E-state index is 12.1. The second-order valence-electron chi connectivity index (χ2n) is 3.14. The summed E-state index contributed by atoms with van der Waals surface area (Å²) in [4.78, 5) is 0. The second kappa shape index (κ2) is 4.12. The van der Waals surface area contributed by atoms with E-state index in [1.807, 2.05) is 0 Å². The molecule has 0 fully saturated rings. The van der Waals surface area contributed by atoms with Crippen LogP contribution in [0.25, 0.3) is 6.08 Å². The number of hydrogen-bond acceptors (Lipinski definition) is 6. The molecule has 0 atom stereocenters. The molecule has 0 bridgehead atoms. The van der Waals surface area contributed by atoms with E-state index >= 15 is 0 Å². The average molecular weight is 282 g/mol. The summed E-state index contributed by atoms with van der Waals surface area (Å²) in [5.74, 6) is -0.685. The lowest BCUT2D eigenvalue weighted by atomic mass is 10.2. The fourth-order valence-electron chi connectivity index (χ4n) is 1.11. The third-order valence-electron chi connectivity index (χ3n) is 1.86. The molecule has 2 rings (SSSR count). The topological polar surface area (TPSA) is 78.4 Å². The maximum Gasteiger partial charge on any atom is 0.534 e. The summed E-state index contributed by atoms with van der Waals surface area (Å²) >= 11 is 0. The highest BCUT2D eigenvalue weighted by molar-refractivity contribution is 7.87. The molecule has 0 aromatic carbocycles. The predicted octanol–water partition coefficient (Wildman–Crippen LogP) is 1.11. The molecule has 2 heterocycles. The van der Waals surface area contributed by atoms with Crippen LogP contribution in [0.4, 0.5) is 13.2 Å². The van der Waals surface area contributed by atoms with Crippen LogP contribution < -0.4 is 8.92 Å². The third-order valence-corrected chi connectivity index (χ3v) is 2.81. The molecule has 18 heavy (non-hydrogen) atoms. The molecule has 1 aliphatic rings. The van der Waals surface area contributed by atoms with Gasteiger partial charge in [-0.25, -0.2) is 0 Å². The van der Waals surface area contributed by atoms with E-state index in [1.54, 1.807) is 6.08 Å². The lowest BCUT2D eigenvalue weighted by Crippen LogP contribution is -2.28. The molecule has 1 aromatic heterocycles. The van der Waals surface area contributed by atoms with Crippen molar-refractivity contribution < 1.29 is 30.5 Å². The van der Waals surface area contributed by atoms with Crippen LogP contribution in [0.15, 0.2) is 12.1 Å². The largest absolute Gasteiger partial charge is 0.534 e. The van der Waals surface area contributed by atoms with Crippen molar-refractivity contribution in [3.8, 4) is 11.8 Å². The van der Waals surface area contributed by atoms with E-state index in [1.165, 1.54) is 6.08 Å². The molecule has 0 amide bonds. The molecule has 10 heteroatoms. The van der Waals surface area contributed by atoms with E-state index in [2.05, 4.69) is 14.4 Å². The molecule has 1 aromatic rings. The zero-order valence-corrected chi connectivity index (χ0v) is 9.33. The van der Waals surface area contributed by atoms with Gasteiger partial charge in [-0.05, 0) is 12.2 Å². The van der Waals surface area contributed by atoms with Gasteiger partial charge in [0.1, 0.15) is 6.61 Å². The number of aromatic nitrogens is 2. The number of alkyl halides is 3. The van der Waals surface area contributed by atoms with Crippen LogP contribution in [-0.2, 0) is 10.1 Å². The molecular formula is C8H5F3N2O4S. The minimum Gasteiger partial charge on any atom is -0.472 e. The molecule has 0 aliphatic carbocycles. The van der Waals surface area contributed by atoms with Crippen LogP contribution in [-0.4, -0.2) is 30.7 Å². The van der Waals surface area contributed by atoms with E-state index < -0.39 is 21.5 Å². The van der Waals surface area contributed by atoms with Crippen molar-refractivity contribution in [3.05, 3.63) is 17.7 Å². The summed E-state index contributed by atoms with van der Waals surface area (Å²) in [6, 6.07) is 0.987. The zero-order valence-electron chi connectivity index (χ0n) is 8.51. The molecule has 0 unspecified atom stereocenters. The van der Waals surface area contributed by atoms with Gasteiger partial charge in [-0.1, -0.05) is 0 Å². The van der Waals surface area contributed by atoms with Crippen molar-refractivity contribution in [3.63, 3.8) is 0 Å². The summed E-state index contributed by atoms with van der Waals surface area (Å²) < 4.78 is 66.4. The van der Waals surface area contributed by atoms with Gasteiger partial charge in [0, 0.05) is 11.6 Å². The Morgan fingerprint density at radius 1 is 1.33 bits per heavy atom. The van der Waals surface area contributed by atoms with Gasteiger partial charge < -0.3 is 8.92 Å². The van der Waals surface area contributed by atoms with Crippen molar-refractivity contribution in [1.29, 1.82) is 0 Å². The molecule has 0 spiro atoms. The van der Waals surface area contributed by atoms with Gasteiger partial charge in [0.25, 0.3) is 5.88 Å². The molecule has 1 aliphatic heterocycles. The monoisotopic (exact) mass is 282 g/mol. The summed E-state index contributed by atoms with van der Waals surface area (Å²) in [6.45, 7) is 0.253. The highest BCUT2D eigenvalue weighted by Gasteiger charge is 2.49. The van der Waals surface area contributed by atoms with Gasteiger partial charge in [-0.3, -0.25) is 0 Å². The first kappa shape index (κ1) is 12.6. The number of fused-ring (bicyclic) bond motifs is 1. The van der Waals surface area contributed by atoms with E-state index in [0.29, 0.717) is 0 Å². The maximum atomic E-state index is 12.1.